The van der Waals surface area contributed by atoms with Gasteiger partial charge < -0.3 is 10.1 Å². The quantitative estimate of drug-likeness (QED) is 0.268. The zero-order chi connectivity index (χ0) is 18.9. The van der Waals surface area contributed by atoms with Gasteiger partial charge in [-0.15, -0.1) is 3.89 Å². The number of halogens is 1. The molecule has 0 radical (unpaired) electrons. The van der Waals surface area contributed by atoms with Crippen LogP contribution >= 0.6 is 12.3 Å². The van der Waals surface area contributed by atoms with Crippen LogP contribution in [-0.2, 0) is 0 Å². The van der Waals surface area contributed by atoms with Crippen LogP contribution in [0.3, 0.4) is 0 Å². The molecule has 0 aliphatic rings. The van der Waals surface area contributed by atoms with Gasteiger partial charge in [0.15, 0.2) is 12.3 Å². The second-order valence-electron chi connectivity index (χ2n) is 5.89. The van der Waals surface area contributed by atoms with E-state index in [9.17, 15) is 3.89 Å². The van der Waals surface area contributed by atoms with Crippen molar-refractivity contribution >= 4 is 42.0 Å². The van der Waals surface area contributed by atoms with E-state index in [4.69, 9.17) is 5.41 Å². The predicted octanol–water partition coefficient (Wildman–Crippen LogP) is 6.88. The summed E-state index contributed by atoms with van der Waals surface area (Å²) in [5.74, 6) is 0. The highest BCUT2D eigenvalue weighted by atomic mass is 32.2. The summed E-state index contributed by atoms with van der Waals surface area (Å²) in [6, 6.07) is 25.4. The van der Waals surface area contributed by atoms with E-state index in [0.29, 0.717) is 17.0 Å². The summed E-state index contributed by atoms with van der Waals surface area (Å²) >= 11 is 0.0281. The summed E-state index contributed by atoms with van der Waals surface area (Å²) in [6.45, 7) is 0. The minimum atomic E-state index is 0.0281. The minimum Gasteiger partial charge on any atom is -0.302 e. The van der Waals surface area contributed by atoms with Gasteiger partial charge in [-0.05, 0) is 34.9 Å². The molecule has 4 heteroatoms. The summed E-state index contributed by atoms with van der Waals surface area (Å²) in [6.07, 6.45) is 7.60. The lowest BCUT2D eigenvalue weighted by Crippen LogP contribution is -2.00. The molecule has 0 aliphatic heterocycles. The molecule has 0 saturated heterocycles. The average Bonchev–Trinajstić information content (AvgIpc) is 2.73. The van der Waals surface area contributed by atoms with E-state index in [0.717, 1.165) is 16.7 Å². The van der Waals surface area contributed by atoms with E-state index < -0.39 is 0 Å². The zero-order valence-electron chi connectivity index (χ0n) is 14.6. The first-order valence-corrected chi connectivity index (χ1v) is 9.21. The summed E-state index contributed by atoms with van der Waals surface area (Å²) in [7, 11) is 0. The Morgan fingerprint density at radius 2 is 1.37 bits per heavy atom. The summed E-state index contributed by atoms with van der Waals surface area (Å²) < 4.78 is 15.4. The van der Waals surface area contributed by atoms with Crippen LogP contribution < -0.4 is 4.72 Å². The SMILES string of the molecule is N=C(/C=C/c1ccccc1)c1cc(/C=C/c2ccccc2)ccc1NSF. The summed E-state index contributed by atoms with van der Waals surface area (Å²) in [4.78, 5) is 0. The first-order chi connectivity index (χ1) is 13.3. The van der Waals surface area contributed by atoms with Gasteiger partial charge in [-0.25, -0.2) is 0 Å². The Labute approximate surface area is 163 Å². The highest BCUT2D eigenvalue weighted by Gasteiger charge is 2.07. The highest BCUT2D eigenvalue weighted by Crippen LogP contribution is 2.23. The third-order valence-corrected chi connectivity index (χ3v) is 4.29. The molecular weight excluding hydrogens is 355 g/mol. The number of rotatable bonds is 7. The van der Waals surface area contributed by atoms with E-state index >= 15 is 0 Å². The molecule has 2 nitrogen and oxygen atoms in total. The molecule has 134 valence electrons. The maximum atomic E-state index is 12.7. The van der Waals surface area contributed by atoms with Gasteiger partial charge >= 0.3 is 0 Å². The lowest BCUT2D eigenvalue weighted by atomic mass is 10.0. The largest absolute Gasteiger partial charge is 0.302 e. The predicted molar refractivity (Wildman–Crippen MR) is 116 cm³/mol. The van der Waals surface area contributed by atoms with Gasteiger partial charge in [-0.3, -0.25) is 0 Å². The van der Waals surface area contributed by atoms with Crippen LogP contribution in [0.2, 0.25) is 0 Å². The van der Waals surface area contributed by atoms with Gasteiger partial charge in [0.1, 0.15) is 0 Å². The van der Waals surface area contributed by atoms with Crippen molar-refractivity contribution in [1.29, 1.82) is 5.41 Å². The zero-order valence-corrected chi connectivity index (χ0v) is 15.4. The second-order valence-corrected chi connectivity index (χ2v) is 6.24. The Balaban J connectivity index is 1.86. The molecule has 0 fully saturated rings. The van der Waals surface area contributed by atoms with Gasteiger partial charge in [0.2, 0.25) is 0 Å². The molecule has 2 N–H and O–H groups in total. The Bertz CT molecular complexity index is 951. The molecule has 0 aromatic heterocycles. The molecule has 0 unspecified atom stereocenters. The fourth-order valence-electron chi connectivity index (χ4n) is 2.61. The topological polar surface area (TPSA) is 35.9 Å². The van der Waals surface area contributed by atoms with Gasteiger partial charge in [0, 0.05) is 5.56 Å². The van der Waals surface area contributed by atoms with E-state index in [1.54, 1.807) is 12.1 Å². The number of benzene rings is 3. The van der Waals surface area contributed by atoms with Crippen molar-refractivity contribution in [3.63, 3.8) is 0 Å². The van der Waals surface area contributed by atoms with Gasteiger partial charge in [-0.1, -0.05) is 85.0 Å². The van der Waals surface area contributed by atoms with Crippen molar-refractivity contribution in [1.82, 2.24) is 0 Å². The molecule has 0 saturated carbocycles. The van der Waals surface area contributed by atoms with Gasteiger partial charge in [0.05, 0.1) is 11.4 Å². The standard InChI is InChI=1S/C23H19FN2S/c24-27-26-23-16-14-20(12-11-18-7-3-1-4-8-18)17-21(23)22(25)15-13-19-9-5-2-6-10-19/h1-17,25-26H/b12-11+,15-13+,25-22?. The van der Waals surface area contributed by atoms with E-state index in [1.165, 1.54) is 0 Å². The van der Waals surface area contributed by atoms with Crippen LogP contribution in [-0.4, -0.2) is 5.71 Å². The summed E-state index contributed by atoms with van der Waals surface area (Å²) in [5, 5.41) is 8.41. The molecule has 3 aromatic carbocycles. The van der Waals surface area contributed by atoms with E-state index in [-0.39, 0.29) is 12.3 Å². The van der Waals surface area contributed by atoms with Crippen LogP contribution in [0.15, 0.2) is 84.9 Å². The van der Waals surface area contributed by atoms with Crippen molar-refractivity contribution in [3.05, 3.63) is 107 Å². The number of nitrogens with one attached hydrogen (secondary N) is 2. The number of allylic oxidation sites excluding steroid dienone is 1. The molecule has 0 atom stereocenters. The third-order valence-electron chi connectivity index (χ3n) is 3.99. The molecule has 0 amide bonds. The lowest BCUT2D eigenvalue weighted by Gasteiger charge is -2.09. The number of hydrogen-bond acceptors (Lipinski definition) is 3. The van der Waals surface area contributed by atoms with Crippen molar-refractivity contribution in [2.45, 2.75) is 0 Å². The Hall–Kier alpha value is -3.11. The van der Waals surface area contributed by atoms with Crippen LogP contribution in [0.25, 0.3) is 18.2 Å². The summed E-state index contributed by atoms with van der Waals surface area (Å²) in [5.41, 5.74) is 4.58. The molecule has 0 bridgehead atoms. The van der Waals surface area contributed by atoms with Crippen molar-refractivity contribution in [3.8, 4) is 0 Å². The van der Waals surface area contributed by atoms with Crippen LogP contribution in [0, 0.1) is 5.41 Å². The molecular formula is C23H19FN2S. The molecule has 0 aliphatic carbocycles. The Morgan fingerprint density at radius 1 is 0.778 bits per heavy atom. The Kier molecular flexibility index (Phi) is 6.61. The molecule has 0 heterocycles. The van der Waals surface area contributed by atoms with Crippen molar-refractivity contribution in [2.75, 3.05) is 4.72 Å². The molecule has 0 spiro atoms. The van der Waals surface area contributed by atoms with Crippen LogP contribution in [0.5, 0.6) is 0 Å². The average molecular weight is 374 g/mol. The highest BCUT2D eigenvalue weighted by molar-refractivity contribution is 7.95. The van der Waals surface area contributed by atoms with Crippen molar-refractivity contribution < 1.29 is 3.89 Å². The molecule has 3 rings (SSSR count). The fraction of sp³-hybridized carbons (Fsp3) is 0. The van der Waals surface area contributed by atoms with E-state index in [1.807, 2.05) is 91.0 Å². The first kappa shape index (κ1) is 18.7. The molecule has 27 heavy (non-hydrogen) atoms. The molecule has 3 aromatic rings. The maximum absolute atomic E-state index is 12.7. The number of hydrogen-bond donors (Lipinski definition) is 2. The third kappa shape index (κ3) is 5.43. The monoisotopic (exact) mass is 374 g/mol. The number of anilines is 1. The van der Waals surface area contributed by atoms with Crippen LogP contribution in [0.1, 0.15) is 22.3 Å². The van der Waals surface area contributed by atoms with Gasteiger partial charge in [0.25, 0.3) is 0 Å². The first-order valence-electron chi connectivity index (χ1n) is 8.49. The lowest BCUT2D eigenvalue weighted by molar-refractivity contribution is 0.943. The Morgan fingerprint density at radius 3 is 2.00 bits per heavy atom. The van der Waals surface area contributed by atoms with E-state index in [2.05, 4.69) is 4.72 Å². The fourth-order valence-corrected chi connectivity index (χ4v) is 2.87. The maximum Gasteiger partial charge on any atom is 0.162 e. The second kappa shape index (κ2) is 9.55. The van der Waals surface area contributed by atoms with Gasteiger partial charge in [-0.2, -0.15) is 0 Å². The normalized spacial score (nSPS) is 11.1. The van der Waals surface area contributed by atoms with Crippen LogP contribution in [0.4, 0.5) is 9.57 Å². The smallest absolute Gasteiger partial charge is 0.162 e. The minimum absolute atomic E-state index is 0.0281. The van der Waals surface area contributed by atoms with Crippen molar-refractivity contribution in [2.24, 2.45) is 0 Å².